The first-order chi connectivity index (χ1) is 15.7. The van der Waals surface area contributed by atoms with Gasteiger partial charge in [-0.15, -0.1) is 0 Å². The first-order valence-electron chi connectivity index (χ1n) is 10.7. The van der Waals surface area contributed by atoms with Crippen LogP contribution >= 0.6 is 0 Å². The number of nitrogens with zero attached hydrogens (tertiary/aromatic N) is 2. The maximum absolute atomic E-state index is 13.5. The molecule has 0 saturated heterocycles. The second-order valence-electron chi connectivity index (χ2n) is 7.78. The summed E-state index contributed by atoms with van der Waals surface area (Å²) in [5, 5.41) is 0.470. The predicted octanol–water partition coefficient (Wildman–Crippen LogP) is 4.72. The highest BCUT2D eigenvalue weighted by atomic mass is 16.5. The van der Waals surface area contributed by atoms with Gasteiger partial charge < -0.3 is 14.1 Å². The summed E-state index contributed by atoms with van der Waals surface area (Å²) in [7, 11) is 0. The Morgan fingerprint density at radius 1 is 1.00 bits per heavy atom. The number of fused-ring (bicyclic) bond motifs is 2. The molecule has 1 atom stereocenters. The van der Waals surface area contributed by atoms with Crippen LogP contribution in [-0.4, -0.2) is 22.4 Å². The molecule has 1 amide bonds. The lowest BCUT2D eigenvalue weighted by Gasteiger charge is -2.25. The van der Waals surface area contributed by atoms with E-state index >= 15 is 0 Å². The fourth-order valence-electron chi connectivity index (χ4n) is 4.13. The van der Waals surface area contributed by atoms with Gasteiger partial charge >= 0.3 is 0 Å². The van der Waals surface area contributed by atoms with Crippen molar-refractivity contribution in [1.82, 2.24) is 9.88 Å². The Balaban J connectivity index is 1.64. The Kier molecular flexibility index (Phi) is 5.19. The molecule has 0 spiro atoms. The second-order valence-corrected chi connectivity index (χ2v) is 7.78. The molecule has 32 heavy (non-hydrogen) atoms. The molecule has 0 aliphatic carbocycles. The highest BCUT2D eigenvalue weighted by Crippen LogP contribution is 2.39. The monoisotopic (exact) mass is 426 g/mol. The quantitative estimate of drug-likeness (QED) is 0.446. The smallest absolute Gasteiger partial charge is 0.291 e. The van der Waals surface area contributed by atoms with Crippen LogP contribution < -0.4 is 10.2 Å². The fraction of sp³-hybridized carbons (Fsp3) is 0.192. The maximum atomic E-state index is 13.5. The summed E-state index contributed by atoms with van der Waals surface area (Å²) in [6.45, 7) is 3.02. The molecular formula is C26H22N2O4. The van der Waals surface area contributed by atoms with Gasteiger partial charge in [-0.1, -0.05) is 31.2 Å². The van der Waals surface area contributed by atoms with Gasteiger partial charge in [0.15, 0.2) is 5.43 Å². The Morgan fingerprint density at radius 2 is 1.75 bits per heavy atom. The van der Waals surface area contributed by atoms with E-state index in [9.17, 15) is 9.59 Å². The molecule has 1 aliphatic rings. The van der Waals surface area contributed by atoms with E-state index in [1.165, 1.54) is 0 Å². The average Bonchev–Trinajstić information content (AvgIpc) is 3.10. The van der Waals surface area contributed by atoms with Crippen LogP contribution in [0.3, 0.4) is 0 Å². The summed E-state index contributed by atoms with van der Waals surface area (Å²) in [4.78, 5) is 32.7. The topological polar surface area (TPSA) is 72.6 Å². The molecule has 1 unspecified atom stereocenters. The number of amides is 1. The summed E-state index contributed by atoms with van der Waals surface area (Å²) < 4.78 is 11.7. The maximum Gasteiger partial charge on any atom is 0.291 e. The summed E-state index contributed by atoms with van der Waals surface area (Å²) >= 11 is 0. The van der Waals surface area contributed by atoms with E-state index in [-0.39, 0.29) is 17.1 Å². The van der Waals surface area contributed by atoms with Crippen molar-refractivity contribution in [3.8, 4) is 5.75 Å². The molecule has 0 saturated carbocycles. The standard InChI is InChI=1S/C26H22N2O4/c1-2-15-31-19-9-7-18(8-10-19)23-22-24(29)20-5-3-4-6-21(20)32-25(22)26(30)28(23)16-17-11-13-27-14-12-17/h3-14,23H,2,15-16H2,1H3. The molecule has 0 radical (unpaired) electrons. The van der Waals surface area contributed by atoms with Crippen molar-refractivity contribution in [3.05, 3.63) is 106 Å². The fourth-order valence-corrected chi connectivity index (χ4v) is 4.13. The van der Waals surface area contributed by atoms with Crippen molar-refractivity contribution < 1.29 is 13.9 Å². The first kappa shape index (κ1) is 20.0. The van der Waals surface area contributed by atoms with Gasteiger partial charge in [0.2, 0.25) is 5.76 Å². The van der Waals surface area contributed by atoms with Crippen LogP contribution in [0.5, 0.6) is 5.75 Å². The molecule has 160 valence electrons. The SMILES string of the molecule is CCCOc1ccc(C2c3c(oc4ccccc4c3=O)C(=O)N2Cc2ccncc2)cc1. The zero-order chi connectivity index (χ0) is 22.1. The number of pyridine rings is 1. The molecule has 4 aromatic rings. The van der Waals surface area contributed by atoms with Crippen molar-refractivity contribution in [2.45, 2.75) is 25.9 Å². The van der Waals surface area contributed by atoms with E-state index in [4.69, 9.17) is 9.15 Å². The molecule has 3 heterocycles. The lowest BCUT2D eigenvalue weighted by atomic mass is 9.98. The van der Waals surface area contributed by atoms with Crippen LogP contribution in [0.4, 0.5) is 0 Å². The van der Waals surface area contributed by atoms with Crippen molar-refractivity contribution in [1.29, 1.82) is 0 Å². The second kappa shape index (κ2) is 8.30. The van der Waals surface area contributed by atoms with Gasteiger partial charge in [0.1, 0.15) is 11.3 Å². The van der Waals surface area contributed by atoms with E-state index in [2.05, 4.69) is 11.9 Å². The Bertz CT molecular complexity index is 1330. The van der Waals surface area contributed by atoms with Crippen molar-refractivity contribution in [2.75, 3.05) is 6.61 Å². The number of aromatic nitrogens is 1. The zero-order valence-electron chi connectivity index (χ0n) is 17.7. The Hall–Kier alpha value is -3.93. The Morgan fingerprint density at radius 3 is 2.50 bits per heavy atom. The number of para-hydroxylation sites is 1. The molecule has 5 rings (SSSR count). The van der Waals surface area contributed by atoms with Gasteiger partial charge in [-0.3, -0.25) is 14.6 Å². The number of carbonyl (C=O) groups excluding carboxylic acids is 1. The van der Waals surface area contributed by atoms with Gasteiger partial charge in [0.05, 0.1) is 23.6 Å². The van der Waals surface area contributed by atoms with Crippen LogP contribution in [0.25, 0.3) is 11.0 Å². The number of carbonyl (C=O) groups is 1. The summed E-state index contributed by atoms with van der Waals surface area (Å²) in [6, 6.07) is 17.8. The third kappa shape index (κ3) is 3.43. The summed E-state index contributed by atoms with van der Waals surface area (Å²) in [5.74, 6) is 0.571. The molecule has 2 aromatic heterocycles. The third-order valence-electron chi connectivity index (χ3n) is 5.64. The van der Waals surface area contributed by atoms with E-state index in [0.29, 0.717) is 29.7 Å². The highest BCUT2D eigenvalue weighted by molar-refractivity contribution is 5.99. The highest BCUT2D eigenvalue weighted by Gasteiger charge is 2.42. The van der Waals surface area contributed by atoms with Crippen LogP contribution in [0.2, 0.25) is 0 Å². The predicted molar refractivity (Wildman–Crippen MR) is 121 cm³/mol. The van der Waals surface area contributed by atoms with Crippen LogP contribution in [-0.2, 0) is 6.54 Å². The molecule has 6 nitrogen and oxygen atoms in total. The minimum absolute atomic E-state index is 0.110. The van der Waals surface area contributed by atoms with Crippen molar-refractivity contribution in [3.63, 3.8) is 0 Å². The van der Waals surface area contributed by atoms with Gasteiger partial charge in [-0.25, -0.2) is 0 Å². The summed E-state index contributed by atoms with van der Waals surface area (Å²) in [6.07, 6.45) is 4.30. The number of ether oxygens (including phenoxy) is 1. The van der Waals surface area contributed by atoms with E-state index < -0.39 is 6.04 Å². The number of hydrogen-bond acceptors (Lipinski definition) is 5. The normalized spacial score (nSPS) is 15.2. The average molecular weight is 426 g/mol. The molecule has 0 bridgehead atoms. The molecule has 6 heteroatoms. The third-order valence-corrected chi connectivity index (χ3v) is 5.64. The molecule has 1 aliphatic heterocycles. The number of hydrogen-bond donors (Lipinski definition) is 0. The van der Waals surface area contributed by atoms with Crippen molar-refractivity contribution >= 4 is 16.9 Å². The van der Waals surface area contributed by atoms with Crippen molar-refractivity contribution in [2.24, 2.45) is 0 Å². The Labute approximate surface area is 185 Å². The van der Waals surface area contributed by atoms with Crippen LogP contribution in [0.1, 0.15) is 46.6 Å². The minimum atomic E-state index is -0.549. The van der Waals surface area contributed by atoms with Crippen LogP contribution in [0.15, 0.2) is 82.3 Å². The van der Waals surface area contributed by atoms with E-state index in [1.807, 2.05) is 36.4 Å². The molecule has 2 aromatic carbocycles. The molecule has 0 N–H and O–H groups in total. The van der Waals surface area contributed by atoms with Gasteiger partial charge in [-0.05, 0) is 53.9 Å². The largest absolute Gasteiger partial charge is 0.494 e. The number of rotatable bonds is 6. The van der Waals surface area contributed by atoms with E-state index in [0.717, 1.165) is 23.3 Å². The van der Waals surface area contributed by atoms with Gasteiger partial charge in [0, 0.05) is 18.9 Å². The summed E-state index contributed by atoms with van der Waals surface area (Å²) in [5.41, 5.74) is 2.37. The van der Waals surface area contributed by atoms with E-state index in [1.54, 1.807) is 41.6 Å². The zero-order valence-corrected chi connectivity index (χ0v) is 17.7. The van der Waals surface area contributed by atoms with Gasteiger partial charge in [0.25, 0.3) is 5.91 Å². The lowest BCUT2D eigenvalue weighted by Crippen LogP contribution is -2.29. The number of benzene rings is 2. The lowest BCUT2D eigenvalue weighted by molar-refractivity contribution is 0.0714. The molecule has 0 fully saturated rings. The first-order valence-corrected chi connectivity index (χ1v) is 10.7. The van der Waals surface area contributed by atoms with Gasteiger partial charge in [-0.2, -0.15) is 0 Å². The molecular weight excluding hydrogens is 404 g/mol. The minimum Gasteiger partial charge on any atom is -0.494 e. The van der Waals surface area contributed by atoms with Crippen LogP contribution in [0, 0.1) is 0 Å².